The van der Waals surface area contributed by atoms with Crippen molar-refractivity contribution in [3.05, 3.63) is 0 Å². The van der Waals surface area contributed by atoms with Crippen molar-refractivity contribution >= 4 is 11.9 Å². The van der Waals surface area contributed by atoms with Crippen LogP contribution in [0.4, 0.5) is 0 Å². The number of rotatable bonds is 55. The zero-order valence-electron chi connectivity index (χ0n) is 43.4. The molecule has 0 fully saturated rings. The summed E-state index contributed by atoms with van der Waals surface area (Å²) in [5.74, 6) is -0.306. The van der Waals surface area contributed by atoms with Crippen molar-refractivity contribution in [2.24, 2.45) is 0 Å². The molecule has 5 heteroatoms. The fraction of sp³-hybridized carbons (Fsp3) is 0.966. The van der Waals surface area contributed by atoms with Gasteiger partial charge in [-0.15, -0.1) is 0 Å². The number of ether oxygens (including phenoxy) is 3. The number of esters is 2. The van der Waals surface area contributed by atoms with Crippen LogP contribution in [0.25, 0.3) is 0 Å². The lowest BCUT2D eigenvalue weighted by Gasteiger charge is -2.18. The SMILES string of the molecule is CCCCCCCCCCCCCCCCCCCCCC(=O)OC[C@H](COC(=O)CCCCCCCCCCCCCC)OCCCCCCCCCCCCCCCCCC. The second-order valence-electron chi connectivity index (χ2n) is 19.9. The Bertz CT molecular complexity index is 875. The third-order valence-electron chi connectivity index (χ3n) is 13.4. The predicted octanol–water partition coefficient (Wildman–Crippen LogP) is 19.6. The molecule has 0 heterocycles. The van der Waals surface area contributed by atoms with E-state index in [2.05, 4.69) is 20.8 Å². The second-order valence-corrected chi connectivity index (χ2v) is 19.9. The number of carbonyl (C=O) groups is 2. The monoisotopic (exact) mass is 891 g/mol. The molecule has 0 rings (SSSR count). The van der Waals surface area contributed by atoms with Gasteiger partial charge in [-0.1, -0.05) is 303 Å². The van der Waals surface area contributed by atoms with Gasteiger partial charge in [0.05, 0.1) is 0 Å². The fourth-order valence-corrected chi connectivity index (χ4v) is 9.02. The maximum absolute atomic E-state index is 12.7. The molecule has 0 aromatic heterocycles. The summed E-state index contributed by atoms with van der Waals surface area (Å²) in [5.41, 5.74) is 0. The molecule has 0 N–H and O–H groups in total. The van der Waals surface area contributed by atoms with Gasteiger partial charge < -0.3 is 14.2 Å². The quantitative estimate of drug-likeness (QED) is 0.0450. The van der Waals surface area contributed by atoms with Crippen LogP contribution in [-0.2, 0) is 23.8 Å². The highest BCUT2D eigenvalue weighted by atomic mass is 16.6. The van der Waals surface area contributed by atoms with Gasteiger partial charge in [0.25, 0.3) is 0 Å². The summed E-state index contributed by atoms with van der Waals surface area (Å²) in [6, 6.07) is 0. The van der Waals surface area contributed by atoms with E-state index >= 15 is 0 Å². The third kappa shape index (κ3) is 53.4. The number of hydrogen-bond donors (Lipinski definition) is 0. The highest BCUT2D eigenvalue weighted by Crippen LogP contribution is 2.17. The summed E-state index contributed by atoms with van der Waals surface area (Å²) in [7, 11) is 0. The molecule has 0 amide bonds. The molecule has 0 bridgehead atoms. The molecule has 376 valence electrons. The van der Waals surface area contributed by atoms with Crippen LogP contribution in [0, 0.1) is 0 Å². The Hall–Kier alpha value is -1.10. The van der Waals surface area contributed by atoms with Gasteiger partial charge >= 0.3 is 11.9 Å². The fourth-order valence-electron chi connectivity index (χ4n) is 9.02. The molecule has 0 saturated carbocycles. The highest BCUT2D eigenvalue weighted by molar-refractivity contribution is 5.69. The Labute approximate surface area is 395 Å². The largest absolute Gasteiger partial charge is 0.463 e. The van der Waals surface area contributed by atoms with Gasteiger partial charge in [-0.25, -0.2) is 0 Å². The molecule has 0 saturated heterocycles. The third-order valence-corrected chi connectivity index (χ3v) is 13.4. The van der Waals surface area contributed by atoms with E-state index in [-0.39, 0.29) is 31.3 Å². The van der Waals surface area contributed by atoms with E-state index in [1.54, 1.807) is 0 Å². The van der Waals surface area contributed by atoms with E-state index in [4.69, 9.17) is 14.2 Å². The Morgan fingerprint density at radius 3 is 0.683 bits per heavy atom. The molecule has 0 aromatic rings. The van der Waals surface area contributed by atoms with Crippen LogP contribution in [0.15, 0.2) is 0 Å². The molecule has 0 aromatic carbocycles. The van der Waals surface area contributed by atoms with Gasteiger partial charge in [0.2, 0.25) is 0 Å². The summed E-state index contributed by atoms with van der Waals surface area (Å²) in [6.07, 6.45) is 62.9. The minimum Gasteiger partial charge on any atom is -0.463 e. The highest BCUT2D eigenvalue weighted by Gasteiger charge is 2.16. The summed E-state index contributed by atoms with van der Waals surface area (Å²) in [6.45, 7) is 7.82. The molecular formula is C58H114O5. The number of unbranched alkanes of at least 4 members (excludes halogenated alkanes) is 44. The van der Waals surface area contributed by atoms with Gasteiger partial charge in [0.15, 0.2) is 0 Å². The maximum Gasteiger partial charge on any atom is 0.305 e. The van der Waals surface area contributed by atoms with E-state index in [1.165, 1.54) is 263 Å². The van der Waals surface area contributed by atoms with Crippen molar-refractivity contribution < 1.29 is 23.8 Å². The second kappa shape index (κ2) is 55.2. The van der Waals surface area contributed by atoms with Crippen molar-refractivity contribution in [3.8, 4) is 0 Å². The van der Waals surface area contributed by atoms with E-state index in [0.717, 1.165) is 38.5 Å². The molecule has 0 aliphatic heterocycles. The standard InChI is InChI=1S/C58H114O5/c1-4-7-10-13-16-19-22-25-27-29-30-31-32-34-37-40-43-46-49-52-58(60)63-55-56(54-62-57(59)51-48-45-42-39-36-24-21-18-15-12-9-6-3)61-53-50-47-44-41-38-35-33-28-26-23-20-17-14-11-8-5-2/h56H,4-55H2,1-3H3/t56-/m0/s1. The average molecular weight is 892 g/mol. The Morgan fingerprint density at radius 2 is 0.460 bits per heavy atom. The first kappa shape index (κ1) is 61.9. The maximum atomic E-state index is 12.7. The predicted molar refractivity (Wildman–Crippen MR) is 275 cm³/mol. The van der Waals surface area contributed by atoms with Crippen LogP contribution >= 0.6 is 0 Å². The van der Waals surface area contributed by atoms with Gasteiger partial charge in [-0.3, -0.25) is 9.59 Å². The van der Waals surface area contributed by atoms with Crippen molar-refractivity contribution in [1.29, 1.82) is 0 Å². The molecule has 5 nitrogen and oxygen atoms in total. The minimum absolute atomic E-state index is 0.152. The summed E-state index contributed by atoms with van der Waals surface area (Å²) in [4.78, 5) is 25.3. The first-order chi connectivity index (χ1) is 31.1. The summed E-state index contributed by atoms with van der Waals surface area (Å²) in [5, 5.41) is 0. The zero-order valence-corrected chi connectivity index (χ0v) is 43.4. The molecule has 63 heavy (non-hydrogen) atoms. The smallest absolute Gasteiger partial charge is 0.305 e. The van der Waals surface area contributed by atoms with Gasteiger partial charge in [0, 0.05) is 19.4 Å². The lowest BCUT2D eigenvalue weighted by molar-refractivity contribution is -0.155. The van der Waals surface area contributed by atoms with Crippen LogP contribution < -0.4 is 0 Å². The topological polar surface area (TPSA) is 61.8 Å². The minimum atomic E-state index is -0.388. The number of carbonyl (C=O) groups excluding carboxylic acids is 2. The van der Waals surface area contributed by atoms with Crippen molar-refractivity contribution in [1.82, 2.24) is 0 Å². The molecular weight excluding hydrogens is 777 g/mol. The Morgan fingerprint density at radius 1 is 0.270 bits per heavy atom. The summed E-state index contributed by atoms with van der Waals surface area (Å²) >= 11 is 0. The molecule has 0 unspecified atom stereocenters. The van der Waals surface area contributed by atoms with Crippen LogP contribution in [-0.4, -0.2) is 37.9 Å². The number of hydrogen-bond acceptors (Lipinski definition) is 5. The van der Waals surface area contributed by atoms with E-state index < -0.39 is 0 Å². The Balaban J connectivity index is 4.14. The van der Waals surface area contributed by atoms with Gasteiger partial charge in [-0.2, -0.15) is 0 Å². The molecule has 0 aliphatic rings. The van der Waals surface area contributed by atoms with Gasteiger partial charge in [-0.05, 0) is 19.3 Å². The van der Waals surface area contributed by atoms with Crippen molar-refractivity contribution in [2.75, 3.05) is 19.8 Å². The average Bonchev–Trinajstić information content (AvgIpc) is 3.29. The normalized spacial score (nSPS) is 12.0. The molecule has 0 aliphatic carbocycles. The van der Waals surface area contributed by atoms with Crippen LogP contribution in [0.5, 0.6) is 0 Å². The molecule has 0 spiro atoms. The zero-order chi connectivity index (χ0) is 45.6. The lowest BCUT2D eigenvalue weighted by Crippen LogP contribution is -2.29. The van der Waals surface area contributed by atoms with E-state index in [9.17, 15) is 9.59 Å². The van der Waals surface area contributed by atoms with Gasteiger partial charge in [0.1, 0.15) is 19.3 Å². The van der Waals surface area contributed by atoms with Crippen LogP contribution in [0.1, 0.15) is 335 Å². The molecule has 0 radical (unpaired) electrons. The first-order valence-corrected chi connectivity index (χ1v) is 29.1. The van der Waals surface area contributed by atoms with E-state index in [0.29, 0.717) is 19.4 Å². The lowest BCUT2D eigenvalue weighted by atomic mass is 10.0. The van der Waals surface area contributed by atoms with Crippen molar-refractivity contribution in [3.63, 3.8) is 0 Å². The van der Waals surface area contributed by atoms with E-state index in [1.807, 2.05) is 0 Å². The first-order valence-electron chi connectivity index (χ1n) is 29.1. The Kier molecular flexibility index (Phi) is 54.3. The van der Waals surface area contributed by atoms with Crippen LogP contribution in [0.3, 0.4) is 0 Å². The van der Waals surface area contributed by atoms with Crippen molar-refractivity contribution in [2.45, 2.75) is 341 Å². The van der Waals surface area contributed by atoms with Crippen LogP contribution in [0.2, 0.25) is 0 Å². The summed E-state index contributed by atoms with van der Waals surface area (Å²) < 4.78 is 17.5. The molecule has 1 atom stereocenters.